The number of hydrogen-bond acceptors (Lipinski definition) is 6. The summed E-state index contributed by atoms with van der Waals surface area (Å²) in [5, 5.41) is 12.7. The standard InChI is InChI=1S/C19H17FIN5OS/c1-3-8-28-26-14-5-4-12(21-2)19(17(14)20)24-13-6-7-15-18(11(13)9-22)25-16(27)10-23-15/h4-7,10,24,26H,2-3,8H2,1H3,(H,25,27). The highest BCUT2D eigenvalue weighted by Crippen LogP contribution is 2.35. The van der Waals surface area contributed by atoms with Gasteiger partial charge in [0.25, 0.3) is 5.56 Å². The maximum atomic E-state index is 15.1. The van der Waals surface area contributed by atoms with E-state index in [1.807, 2.05) is 6.07 Å². The first-order chi connectivity index (χ1) is 13.6. The van der Waals surface area contributed by atoms with Crippen LogP contribution in [0.2, 0.25) is 0 Å². The van der Waals surface area contributed by atoms with E-state index in [-0.39, 0.29) is 5.56 Å². The van der Waals surface area contributed by atoms with Gasteiger partial charge in [-0.15, -0.1) is 0 Å². The molecule has 144 valence electrons. The Labute approximate surface area is 175 Å². The first kappa shape index (κ1) is 20.3. The zero-order chi connectivity index (χ0) is 20.1. The highest BCUT2D eigenvalue weighted by atomic mass is 127. The third kappa shape index (κ3) is 4.18. The van der Waals surface area contributed by atoms with Crippen LogP contribution < -0.4 is 15.6 Å². The van der Waals surface area contributed by atoms with E-state index in [4.69, 9.17) is 0 Å². The molecule has 0 amide bonds. The lowest BCUT2D eigenvalue weighted by molar-refractivity contribution is 0.636. The average Bonchev–Trinajstić information content (AvgIpc) is 2.70. The Morgan fingerprint density at radius 3 is 2.86 bits per heavy atom. The van der Waals surface area contributed by atoms with E-state index in [0.29, 0.717) is 28.1 Å². The average molecular weight is 509 g/mol. The largest absolute Gasteiger partial charge is 0.351 e. The number of nitrogens with zero attached hydrogens (tertiary/aromatic N) is 2. The van der Waals surface area contributed by atoms with Gasteiger partial charge in [0.15, 0.2) is 5.82 Å². The van der Waals surface area contributed by atoms with Crippen LogP contribution >= 0.6 is 32.7 Å². The van der Waals surface area contributed by atoms with Gasteiger partial charge in [-0.2, -0.15) is 5.26 Å². The van der Waals surface area contributed by atoms with Crippen molar-refractivity contribution in [2.24, 2.45) is 0 Å². The van der Waals surface area contributed by atoms with Gasteiger partial charge >= 0.3 is 0 Å². The molecule has 0 bridgehead atoms. The molecule has 3 aromatic rings. The maximum absolute atomic E-state index is 15.1. The van der Waals surface area contributed by atoms with Gasteiger partial charge in [0.1, 0.15) is 11.6 Å². The van der Waals surface area contributed by atoms with Crippen LogP contribution in [0.4, 0.5) is 21.5 Å². The SMILES string of the molecule is C=Ic1ccc(NSCCC)c(F)c1Nc1ccc2ncc(=O)[nH]c2c1C#N. The number of aromatic amines is 1. The number of rotatable bonds is 7. The molecular weight excluding hydrogens is 492 g/mol. The van der Waals surface area contributed by atoms with Gasteiger partial charge in [-0.1, -0.05) is 44.1 Å². The van der Waals surface area contributed by atoms with Crippen molar-refractivity contribution in [3.05, 3.63) is 55.8 Å². The molecule has 1 aromatic heterocycles. The van der Waals surface area contributed by atoms with Crippen LogP contribution in [0.15, 0.2) is 35.3 Å². The molecule has 0 radical (unpaired) electrons. The van der Waals surface area contributed by atoms with Crippen LogP contribution in [0, 0.1) is 20.7 Å². The van der Waals surface area contributed by atoms with Crippen LogP contribution in [0.3, 0.4) is 0 Å². The molecule has 0 aliphatic carbocycles. The number of nitriles is 1. The summed E-state index contributed by atoms with van der Waals surface area (Å²) in [6.45, 7) is 2.05. The summed E-state index contributed by atoms with van der Waals surface area (Å²) in [6, 6.07) is 8.95. The molecule has 0 saturated carbocycles. The number of fused-ring (bicyclic) bond motifs is 1. The summed E-state index contributed by atoms with van der Waals surface area (Å²) in [4.78, 5) is 18.3. The number of benzene rings is 2. The molecular formula is C19H17FIN5OS. The van der Waals surface area contributed by atoms with Crippen LogP contribution in [0.25, 0.3) is 11.0 Å². The predicted molar refractivity (Wildman–Crippen MR) is 123 cm³/mol. The van der Waals surface area contributed by atoms with Crippen LogP contribution in [0.5, 0.6) is 0 Å². The fourth-order valence-electron chi connectivity index (χ4n) is 2.55. The molecule has 0 atom stereocenters. The van der Waals surface area contributed by atoms with Gasteiger partial charge in [-0.25, -0.2) is 9.37 Å². The first-order valence-electron chi connectivity index (χ1n) is 8.36. The third-order valence-electron chi connectivity index (χ3n) is 3.85. The smallest absolute Gasteiger partial charge is 0.266 e. The number of nitrogens with one attached hydrogen (secondary N) is 3. The van der Waals surface area contributed by atoms with Gasteiger partial charge in [-0.3, -0.25) is 4.79 Å². The Morgan fingerprint density at radius 1 is 1.36 bits per heavy atom. The quantitative estimate of drug-likeness (QED) is 0.243. The normalized spacial score (nSPS) is 10.6. The summed E-state index contributed by atoms with van der Waals surface area (Å²) >= 11 is 0.783. The number of anilines is 3. The molecule has 0 fully saturated rings. The highest BCUT2D eigenvalue weighted by molar-refractivity contribution is 14.2. The molecule has 6 nitrogen and oxygen atoms in total. The van der Waals surface area contributed by atoms with Crippen molar-refractivity contribution < 1.29 is 4.39 Å². The van der Waals surface area contributed by atoms with E-state index in [1.54, 1.807) is 18.2 Å². The van der Waals surface area contributed by atoms with Gasteiger partial charge in [0.05, 0.1) is 34.3 Å². The topological polar surface area (TPSA) is 93.6 Å². The van der Waals surface area contributed by atoms with E-state index in [0.717, 1.165) is 21.9 Å². The van der Waals surface area contributed by atoms with E-state index < -0.39 is 32.1 Å². The Morgan fingerprint density at radius 2 is 2.14 bits per heavy atom. The van der Waals surface area contributed by atoms with Crippen molar-refractivity contribution in [3.8, 4) is 6.07 Å². The van der Waals surface area contributed by atoms with Crippen molar-refractivity contribution in [1.82, 2.24) is 9.97 Å². The molecule has 1 heterocycles. The lowest BCUT2D eigenvalue weighted by atomic mass is 10.1. The molecule has 0 spiro atoms. The second-order valence-electron chi connectivity index (χ2n) is 5.73. The minimum absolute atomic E-state index is 0.203. The van der Waals surface area contributed by atoms with Crippen molar-refractivity contribution in [2.75, 3.05) is 15.8 Å². The number of H-pyrrole nitrogens is 1. The summed E-state index contributed by atoms with van der Waals surface area (Å²) < 4.78 is 22.9. The van der Waals surface area contributed by atoms with Gasteiger partial charge < -0.3 is 15.0 Å². The fraction of sp³-hybridized carbons (Fsp3) is 0.158. The van der Waals surface area contributed by atoms with Gasteiger partial charge in [0.2, 0.25) is 0 Å². The Hall–Kier alpha value is -2.45. The van der Waals surface area contributed by atoms with Gasteiger partial charge in [-0.05, 0) is 30.7 Å². The summed E-state index contributed by atoms with van der Waals surface area (Å²) in [7, 11) is 0. The van der Waals surface area contributed by atoms with E-state index >= 15 is 4.39 Å². The lowest BCUT2D eigenvalue weighted by Crippen LogP contribution is -2.08. The number of halogens is 2. The molecule has 0 saturated heterocycles. The first-order valence-corrected chi connectivity index (χ1v) is 12.0. The highest BCUT2D eigenvalue weighted by Gasteiger charge is 2.16. The second-order valence-corrected chi connectivity index (χ2v) is 8.56. The fourth-order valence-corrected chi connectivity index (χ4v) is 4.36. The minimum atomic E-state index is -0.652. The third-order valence-corrected chi connectivity index (χ3v) is 6.54. The molecule has 9 heteroatoms. The Balaban J connectivity index is 2.08. The molecule has 3 N–H and O–H groups in total. The predicted octanol–water partition coefficient (Wildman–Crippen LogP) is 4.72. The van der Waals surface area contributed by atoms with Gasteiger partial charge in [0, 0.05) is 9.32 Å². The summed E-state index contributed by atoms with van der Waals surface area (Å²) in [6.07, 6.45) is 2.13. The number of hydrogen-bond donors (Lipinski definition) is 3. The Bertz CT molecular complexity index is 1140. The zero-order valence-electron chi connectivity index (χ0n) is 15.0. The van der Waals surface area contributed by atoms with E-state index in [9.17, 15) is 10.1 Å². The van der Waals surface area contributed by atoms with E-state index in [1.165, 1.54) is 11.9 Å². The molecule has 0 aliphatic heterocycles. The number of aromatic nitrogens is 2. The molecule has 0 aliphatic rings. The minimum Gasteiger partial charge on any atom is -0.351 e. The molecule has 2 aromatic carbocycles. The van der Waals surface area contributed by atoms with Crippen molar-refractivity contribution in [3.63, 3.8) is 0 Å². The molecule has 3 rings (SSSR count). The zero-order valence-corrected chi connectivity index (χ0v) is 17.9. The van der Waals surface area contributed by atoms with Crippen molar-refractivity contribution in [2.45, 2.75) is 13.3 Å². The monoisotopic (exact) mass is 509 g/mol. The summed E-state index contributed by atoms with van der Waals surface area (Å²) in [5.74, 6) is 0.434. The van der Waals surface area contributed by atoms with Crippen LogP contribution in [-0.4, -0.2) is 20.2 Å². The lowest BCUT2D eigenvalue weighted by Gasteiger charge is -2.15. The molecule has 28 heavy (non-hydrogen) atoms. The van der Waals surface area contributed by atoms with Crippen molar-refractivity contribution in [1.29, 1.82) is 5.26 Å². The Kier molecular flexibility index (Phi) is 6.64. The maximum Gasteiger partial charge on any atom is 0.266 e. The van der Waals surface area contributed by atoms with Crippen LogP contribution in [0.1, 0.15) is 18.9 Å². The van der Waals surface area contributed by atoms with E-state index in [2.05, 4.69) is 37.5 Å². The summed E-state index contributed by atoms with van der Waals surface area (Å²) in [5.41, 5.74) is 1.67. The molecule has 0 unspecified atom stereocenters. The van der Waals surface area contributed by atoms with Crippen LogP contribution in [-0.2, 0) is 0 Å². The second kappa shape index (κ2) is 9.16. The van der Waals surface area contributed by atoms with Crippen molar-refractivity contribution >= 4 is 65.3 Å².